The molecule has 15 heavy (non-hydrogen) atoms. The molecule has 0 aliphatic heterocycles. The first-order valence-corrected chi connectivity index (χ1v) is 5.92. The van der Waals surface area contributed by atoms with Crippen LogP contribution in [0.1, 0.15) is 25.7 Å². The van der Waals surface area contributed by atoms with Gasteiger partial charge in [0.2, 0.25) is 0 Å². The van der Waals surface area contributed by atoms with Crippen molar-refractivity contribution in [2.45, 2.75) is 31.9 Å². The van der Waals surface area contributed by atoms with Gasteiger partial charge in [-0.15, -0.1) is 0 Å². The highest BCUT2D eigenvalue weighted by atomic mass is 32.2. The van der Waals surface area contributed by atoms with Crippen LogP contribution in [0.5, 0.6) is 0 Å². The first-order valence-electron chi connectivity index (χ1n) is 5.08. The van der Waals surface area contributed by atoms with Crippen molar-refractivity contribution >= 4 is 12.1 Å². The Labute approximate surface area is 92.6 Å². The summed E-state index contributed by atoms with van der Waals surface area (Å²) in [7, 11) is 1.86. The van der Waals surface area contributed by atoms with Crippen LogP contribution < -0.4 is 5.14 Å². The van der Waals surface area contributed by atoms with Crippen molar-refractivity contribution < 1.29 is 13.2 Å². The number of hydrogen-bond donors (Lipinski definition) is 1. The zero-order chi connectivity index (χ0) is 11.5. The molecule has 1 rings (SSSR count). The lowest BCUT2D eigenvalue weighted by atomic mass is 9.81. The van der Waals surface area contributed by atoms with E-state index in [4.69, 9.17) is 5.14 Å². The van der Waals surface area contributed by atoms with Gasteiger partial charge in [-0.05, 0) is 38.6 Å². The Morgan fingerprint density at radius 2 is 1.80 bits per heavy atom. The van der Waals surface area contributed by atoms with E-state index in [1.807, 2.05) is 11.4 Å². The van der Waals surface area contributed by atoms with Crippen molar-refractivity contribution in [3.63, 3.8) is 0 Å². The Bertz CT molecular complexity index is 190. The maximum atomic E-state index is 12.4. The van der Waals surface area contributed by atoms with Crippen LogP contribution in [0.2, 0.25) is 0 Å². The average Bonchev–Trinajstić information content (AvgIpc) is 2.17. The normalized spacial score (nSPS) is 28.4. The van der Waals surface area contributed by atoms with E-state index in [1.54, 1.807) is 0 Å². The molecule has 0 bridgehead atoms. The molecule has 0 heterocycles. The van der Waals surface area contributed by atoms with Crippen molar-refractivity contribution in [1.29, 1.82) is 0 Å². The van der Waals surface area contributed by atoms with Crippen LogP contribution in [-0.4, -0.2) is 24.1 Å². The Kier molecular flexibility index (Phi) is 4.73. The first-order chi connectivity index (χ1) is 6.93. The standard InChI is InChI=1S/C9H17F3N2S/c1-14(15-13)6-7-2-4-8(5-3-7)9(10,11)12/h7-8H,2-6,13H2,1H3. The van der Waals surface area contributed by atoms with Gasteiger partial charge in [-0.3, -0.25) is 5.14 Å². The fraction of sp³-hybridized carbons (Fsp3) is 1.00. The Hall–Kier alpha value is 0.0600. The van der Waals surface area contributed by atoms with Crippen LogP contribution in [0.15, 0.2) is 0 Å². The van der Waals surface area contributed by atoms with Crippen LogP contribution in [0.4, 0.5) is 13.2 Å². The van der Waals surface area contributed by atoms with Gasteiger partial charge in [-0.2, -0.15) is 13.2 Å². The molecule has 6 heteroatoms. The number of hydrogen-bond acceptors (Lipinski definition) is 3. The highest BCUT2D eigenvalue weighted by Gasteiger charge is 2.41. The van der Waals surface area contributed by atoms with Crippen LogP contribution in [0.25, 0.3) is 0 Å². The molecule has 90 valence electrons. The molecule has 1 aliphatic carbocycles. The summed E-state index contributed by atoms with van der Waals surface area (Å²) in [5.74, 6) is -0.714. The van der Waals surface area contributed by atoms with Crippen LogP contribution in [0.3, 0.4) is 0 Å². The molecular formula is C9H17F3N2S. The Balaban J connectivity index is 2.30. The lowest BCUT2D eigenvalue weighted by Crippen LogP contribution is -2.31. The third-order valence-electron chi connectivity index (χ3n) is 3.00. The predicted octanol–water partition coefficient (Wildman–Crippen LogP) is 2.81. The van der Waals surface area contributed by atoms with Crippen molar-refractivity contribution in [3.8, 4) is 0 Å². The Morgan fingerprint density at radius 1 is 1.27 bits per heavy atom. The summed E-state index contributed by atoms with van der Waals surface area (Å²) in [6.07, 6.45) is -2.13. The summed E-state index contributed by atoms with van der Waals surface area (Å²) in [5.41, 5.74) is 0. The van der Waals surface area contributed by atoms with E-state index in [9.17, 15) is 13.2 Å². The fourth-order valence-corrected chi connectivity index (χ4v) is 2.38. The average molecular weight is 242 g/mol. The Morgan fingerprint density at radius 3 is 2.20 bits per heavy atom. The summed E-state index contributed by atoms with van der Waals surface area (Å²) in [6.45, 7) is 0.783. The van der Waals surface area contributed by atoms with E-state index < -0.39 is 12.1 Å². The smallest absolute Gasteiger partial charge is 0.264 e. The van der Waals surface area contributed by atoms with Gasteiger partial charge in [-0.25, -0.2) is 4.31 Å². The summed E-state index contributed by atoms with van der Waals surface area (Å²) >= 11 is 1.14. The summed E-state index contributed by atoms with van der Waals surface area (Å²) in [5, 5.41) is 5.35. The lowest BCUT2D eigenvalue weighted by molar-refractivity contribution is -0.184. The zero-order valence-corrected chi connectivity index (χ0v) is 9.57. The molecular weight excluding hydrogens is 225 g/mol. The molecule has 0 aromatic rings. The highest BCUT2D eigenvalue weighted by molar-refractivity contribution is 7.94. The van der Waals surface area contributed by atoms with Gasteiger partial charge in [0, 0.05) is 18.7 Å². The second-order valence-electron chi connectivity index (χ2n) is 4.18. The molecule has 0 spiro atoms. The molecule has 1 fully saturated rings. The topological polar surface area (TPSA) is 29.3 Å². The molecule has 0 amide bonds. The molecule has 2 nitrogen and oxygen atoms in total. The maximum Gasteiger partial charge on any atom is 0.391 e. The van der Waals surface area contributed by atoms with E-state index in [0.717, 1.165) is 18.7 Å². The minimum Gasteiger partial charge on any atom is -0.264 e. The van der Waals surface area contributed by atoms with Crippen LogP contribution in [0, 0.1) is 11.8 Å². The molecule has 0 saturated heterocycles. The molecule has 0 atom stereocenters. The second-order valence-corrected chi connectivity index (χ2v) is 5.01. The van der Waals surface area contributed by atoms with Crippen molar-refractivity contribution in [1.82, 2.24) is 4.31 Å². The van der Waals surface area contributed by atoms with Crippen molar-refractivity contribution in [2.75, 3.05) is 13.6 Å². The number of nitrogens with zero attached hydrogens (tertiary/aromatic N) is 1. The molecule has 0 unspecified atom stereocenters. The summed E-state index contributed by atoms with van der Waals surface area (Å²) in [6, 6.07) is 0. The third-order valence-corrected chi connectivity index (χ3v) is 3.51. The van der Waals surface area contributed by atoms with Gasteiger partial charge < -0.3 is 0 Å². The number of halogens is 3. The maximum absolute atomic E-state index is 12.4. The van der Waals surface area contributed by atoms with Gasteiger partial charge in [0.15, 0.2) is 0 Å². The van der Waals surface area contributed by atoms with Gasteiger partial charge in [0.25, 0.3) is 0 Å². The van der Waals surface area contributed by atoms with E-state index in [1.165, 1.54) is 0 Å². The molecule has 0 radical (unpaired) electrons. The predicted molar refractivity (Wildman–Crippen MR) is 55.9 cm³/mol. The highest BCUT2D eigenvalue weighted by Crippen LogP contribution is 2.39. The van der Waals surface area contributed by atoms with E-state index in [0.29, 0.717) is 18.8 Å². The van der Waals surface area contributed by atoms with Gasteiger partial charge in [-0.1, -0.05) is 0 Å². The zero-order valence-electron chi connectivity index (χ0n) is 8.76. The van der Waals surface area contributed by atoms with Crippen molar-refractivity contribution in [3.05, 3.63) is 0 Å². The molecule has 1 aliphatic rings. The molecule has 0 aromatic heterocycles. The molecule has 2 N–H and O–H groups in total. The van der Waals surface area contributed by atoms with E-state index >= 15 is 0 Å². The number of nitrogens with two attached hydrogens (primary N) is 1. The lowest BCUT2D eigenvalue weighted by Gasteiger charge is -2.31. The van der Waals surface area contributed by atoms with Crippen LogP contribution in [-0.2, 0) is 0 Å². The largest absolute Gasteiger partial charge is 0.391 e. The van der Waals surface area contributed by atoms with Crippen molar-refractivity contribution in [2.24, 2.45) is 17.0 Å². The minimum atomic E-state index is -4.00. The third kappa shape index (κ3) is 4.20. The second kappa shape index (κ2) is 5.41. The molecule has 1 saturated carbocycles. The van der Waals surface area contributed by atoms with Gasteiger partial charge in [0.1, 0.15) is 0 Å². The van der Waals surface area contributed by atoms with Gasteiger partial charge in [0.05, 0.1) is 5.92 Å². The van der Waals surface area contributed by atoms with Gasteiger partial charge >= 0.3 is 6.18 Å². The van der Waals surface area contributed by atoms with E-state index in [2.05, 4.69) is 0 Å². The first kappa shape index (κ1) is 13.1. The SMILES string of the molecule is CN(CC1CCC(C(F)(F)F)CC1)SN. The summed E-state index contributed by atoms with van der Waals surface area (Å²) < 4.78 is 39.0. The molecule has 0 aromatic carbocycles. The number of alkyl halides is 3. The van der Waals surface area contributed by atoms with Crippen LogP contribution >= 0.6 is 12.1 Å². The minimum absolute atomic E-state index is 0.275. The quantitative estimate of drug-likeness (QED) is 0.772. The monoisotopic (exact) mass is 242 g/mol. The summed E-state index contributed by atoms with van der Waals surface area (Å²) in [4.78, 5) is 0. The van der Waals surface area contributed by atoms with E-state index in [-0.39, 0.29) is 12.8 Å². The fourth-order valence-electron chi connectivity index (χ4n) is 2.08. The number of rotatable bonds is 3.